The molecule has 0 saturated carbocycles. The summed E-state index contributed by atoms with van der Waals surface area (Å²) >= 11 is 0. The highest BCUT2D eigenvalue weighted by Gasteiger charge is 2.18. The van der Waals surface area contributed by atoms with Gasteiger partial charge >= 0.3 is 0 Å². The molecule has 0 bridgehead atoms. The second kappa shape index (κ2) is 5.88. The monoisotopic (exact) mass is 313 g/mol. The number of amides is 1. The predicted molar refractivity (Wildman–Crippen MR) is 92.5 cm³/mol. The van der Waals surface area contributed by atoms with Crippen LogP contribution in [0.4, 0.5) is 0 Å². The molecule has 2 heterocycles. The van der Waals surface area contributed by atoms with E-state index in [2.05, 4.69) is 4.98 Å². The van der Waals surface area contributed by atoms with Crippen molar-refractivity contribution in [3.8, 4) is 11.3 Å². The lowest BCUT2D eigenvalue weighted by Crippen LogP contribution is -2.24. The van der Waals surface area contributed by atoms with E-state index in [4.69, 9.17) is 8.22 Å². The Labute approximate surface area is 144 Å². The van der Waals surface area contributed by atoms with E-state index < -0.39 is 6.85 Å². The molecule has 3 rings (SSSR count). The molecule has 0 atom stereocenters. The van der Waals surface area contributed by atoms with Crippen molar-refractivity contribution in [2.45, 2.75) is 20.2 Å². The van der Waals surface area contributed by atoms with Gasteiger partial charge in [-0.05, 0) is 25.4 Å². The highest BCUT2D eigenvalue weighted by atomic mass is 16.2. The van der Waals surface area contributed by atoms with E-state index in [0.717, 1.165) is 0 Å². The van der Waals surface area contributed by atoms with Gasteiger partial charge in [0.25, 0.3) is 0 Å². The van der Waals surface area contributed by atoms with Crippen LogP contribution in [0.25, 0.3) is 16.9 Å². The first kappa shape index (κ1) is 9.50. The van der Waals surface area contributed by atoms with Gasteiger partial charge < -0.3 is 9.30 Å². The van der Waals surface area contributed by atoms with E-state index in [9.17, 15) is 4.79 Å². The molecule has 3 aromatic rings. The van der Waals surface area contributed by atoms with Crippen LogP contribution in [-0.4, -0.2) is 34.3 Å². The van der Waals surface area contributed by atoms with Crippen molar-refractivity contribution >= 4 is 11.6 Å². The van der Waals surface area contributed by atoms with Crippen LogP contribution in [0.5, 0.6) is 0 Å². The summed E-state index contributed by atoms with van der Waals surface area (Å²) < 4.78 is 48.7. The molecule has 0 fully saturated rings. The van der Waals surface area contributed by atoms with E-state index in [1.165, 1.54) is 21.4 Å². The van der Waals surface area contributed by atoms with Crippen LogP contribution >= 0.6 is 0 Å². The van der Waals surface area contributed by atoms with Crippen LogP contribution < -0.4 is 0 Å². The number of benzene rings is 1. The number of rotatable bonds is 3. The minimum Gasteiger partial charge on any atom is -0.348 e. The minimum atomic E-state index is -2.24. The molecule has 4 heteroatoms. The largest absolute Gasteiger partial charge is 0.348 e. The number of likely N-dealkylation sites (N-methyl/N-ethyl adjacent to an activating group) is 1. The molecule has 1 amide bonds. The minimum absolute atomic E-state index is 0.000387. The fourth-order valence-corrected chi connectivity index (χ4v) is 2.33. The molecule has 1 aromatic carbocycles. The maximum atomic E-state index is 12.4. The number of hydrogen-bond donors (Lipinski definition) is 0. The quantitative estimate of drug-likeness (QED) is 0.744. The highest BCUT2D eigenvalue weighted by molar-refractivity contribution is 5.81. The van der Waals surface area contributed by atoms with Gasteiger partial charge in [-0.2, -0.15) is 0 Å². The van der Waals surface area contributed by atoms with Crippen molar-refractivity contribution in [2.75, 3.05) is 14.1 Å². The Balaban J connectivity index is 2.29. The first-order chi connectivity index (χ1) is 13.4. The molecule has 2 aromatic heterocycles. The molecule has 23 heavy (non-hydrogen) atoms. The molecular formula is C19H21N3O. The zero-order chi connectivity index (χ0) is 21.7. The Hall–Kier alpha value is -2.62. The lowest BCUT2D eigenvalue weighted by molar-refractivity contribution is -0.128. The third-order valence-corrected chi connectivity index (χ3v) is 3.59. The standard InChI is InChI=1S/C19H21N3O/c1-13-5-8-15(9-6-13)19-16(11-18(23)21(3)4)22-12-14(2)7-10-17(22)20-19/h5-10,12H,11H2,1-4H3/i1D3,7D,10D,12D. The second-order valence-corrected chi connectivity index (χ2v) is 5.60. The van der Waals surface area contributed by atoms with Crippen LogP contribution in [-0.2, 0) is 11.2 Å². The van der Waals surface area contributed by atoms with Gasteiger partial charge in [0.15, 0.2) is 0 Å². The number of carbonyl (C=O) groups is 1. The van der Waals surface area contributed by atoms with Gasteiger partial charge in [0.05, 0.1) is 21.9 Å². The first-order valence-corrected chi connectivity index (χ1v) is 7.22. The lowest BCUT2D eigenvalue weighted by atomic mass is 10.1. The number of pyridine rings is 1. The van der Waals surface area contributed by atoms with Gasteiger partial charge in [0.2, 0.25) is 5.91 Å². The van der Waals surface area contributed by atoms with Crippen LogP contribution in [0.1, 0.15) is 25.0 Å². The smallest absolute Gasteiger partial charge is 0.228 e. The average Bonchev–Trinajstić information content (AvgIpc) is 3.03. The van der Waals surface area contributed by atoms with E-state index in [1.807, 2.05) is 0 Å². The summed E-state index contributed by atoms with van der Waals surface area (Å²) in [6, 6.07) is 5.97. The van der Waals surface area contributed by atoms with Crippen molar-refractivity contribution in [2.24, 2.45) is 0 Å². The summed E-state index contributed by atoms with van der Waals surface area (Å²) in [6.07, 6.45) is -0.0486. The number of imidazole rings is 1. The molecule has 4 nitrogen and oxygen atoms in total. The second-order valence-electron chi connectivity index (χ2n) is 5.60. The molecule has 0 N–H and O–H groups in total. The first-order valence-electron chi connectivity index (χ1n) is 10.2. The summed E-state index contributed by atoms with van der Waals surface area (Å²) in [5, 5.41) is 0. The highest BCUT2D eigenvalue weighted by Crippen LogP contribution is 2.26. The molecule has 0 aliphatic heterocycles. The van der Waals surface area contributed by atoms with Crippen LogP contribution in [0.2, 0.25) is 0 Å². The van der Waals surface area contributed by atoms with Crippen molar-refractivity contribution in [1.82, 2.24) is 14.3 Å². The van der Waals surface area contributed by atoms with Gasteiger partial charge in [0.1, 0.15) is 5.65 Å². The van der Waals surface area contributed by atoms with Crippen molar-refractivity contribution in [3.05, 3.63) is 59.3 Å². The summed E-state index contributed by atoms with van der Waals surface area (Å²) in [7, 11) is 3.25. The third-order valence-electron chi connectivity index (χ3n) is 3.59. The van der Waals surface area contributed by atoms with E-state index in [-0.39, 0.29) is 41.8 Å². The Morgan fingerprint density at radius 2 is 2.00 bits per heavy atom. The number of hydrogen-bond acceptors (Lipinski definition) is 2. The third kappa shape index (κ3) is 2.97. The van der Waals surface area contributed by atoms with Crippen LogP contribution in [0.15, 0.2) is 42.5 Å². The zero-order valence-electron chi connectivity index (χ0n) is 19.3. The zero-order valence-corrected chi connectivity index (χ0v) is 13.3. The molecule has 118 valence electrons. The van der Waals surface area contributed by atoms with Gasteiger partial charge in [-0.1, -0.05) is 35.9 Å². The molecule has 0 saturated heterocycles. The SMILES string of the molecule is [2H]c1c(C)c([2H])n2c(CC(=O)N(C)C)c(-c3ccc(C([2H])([2H])[2H])cc3)nc2c1[2H]. The number of fused-ring (bicyclic) bond motifs is 1. The Morgan fingerprint density at radius 1 is 1.26 bits per heavy atom. The number of nitrogens with zero attached hydrogens (tertiary/aromatic N) is 3. The van der Waals surface area contributed by atoms with E-state index in [0.29, 0.717) is 22.5 Å². The lowest BCUT2D eigenvalue weighted by Gasteiger charge is -2.11. The molecule has 0 aliphatic rings. The van der Waals surface area contributed by atoms with Crippen molar-refractivity contribution < 1.29 is 13.0 Å². The summed E-state index contributed by atoms with van der Waals surface area (Å²) in [6.45, 7) is -0.647. The fraction of sp³-hybridized carbons (Fsp3) is 0.263. The number of carbonyl (C=O) groups excluding carboxylic acids is 1. The molecular weight excluding hydrogens is 286 g/mol. The average molecular weight is 313 g/mol. The molecule has 0 radical (unpaired) electrons. The molecule has 0 unspecified atom stereocenters. The Bertz CT molecular complexity index is 1100. The Morgan fingerprint density at radius 3 is 2.65 bits per heavy atom. The maximum absolute atomic E-state index is 12.4. The molecule has 0 spiro atoms. The van der Waals surface area contributed by atoms with Gasteiger partial charge in [-0.15, -0.1) is 0 Å². The van der Waals surface area contributed by atoms with Gasteiger partial charge in [-0.3, -0.25) is 4.79 Å². The topological polar surface area (TPSA) is 37.6 Å². The van der Waals surface area contributed by atoms with Crippen molar-refractivity contribution in [1.29, 1.82) is 0 Å². The normalized spacial score (nSPS) is 15.3. The molecule has 0 aliphatic carbocycles. The summed E-state index contributed by atoms with van der Waals surface area (Å²) in [5.41, 5.74) is 2.03. The van der Waals surface area contributed by atoms with Crippen LogP contribution in [0.3, 0.4) is 0 Å². The summed E-state index contributed by atoms with van der Waals surface area (Å²) in [4.78, 5) is 18.3. The van der Waals surface area contributed by atoms with Gasteiger partial charge in [-0.25, -0.2) is 4.98 Å². The predicted octanol–water partition coefficient (Wildman–Crippen LogP) is 3.25. The number of aryl methyl sites for hydroxylation is 1. The Kier molecular flexibility index (Phi) is 2.43. The fourth-order valence-electron chi connectivity index (χ4n) is 2.33. The number of aromatic nitrogens is 2. The van der Waals surface area contributed by atoms with Gasteiger partial charge in [0, 0.05) is 29.9 Å². The van der Waals surface area contributed by atoms with Crippen molar-refractivity contribution in [3.63, 3.8) is 0 Å². The summed E-state index contributed by atoms with van der Waals surface area (Å²) in [5.74, 6) is -0.203. The maximum Gasteiger partial charge on any atom is 0.228 e. The van der Waals surface area contributed by atoms with E-state index in [1.54, 1.807) is 33.2 Å². The van der Waals surface area contributed by atoms with E-state index >= 15 is 0 Å². The van der Waals surface area contributed by atoms with Crippen LogP contribution in [0, 0.1) is 13.8 Å².